The number of amides is 1. The van der Waals surface area contributed by atoms with Crippen LogP contribution in [0, 0.1) is 0 Å². The van der Waals surface area contributed by atoms with Gasteiger partial charge in [0.25, 0.3) is 0 Å². The quantitative estimate of drug-likeness (QED) is 0.726. The summed E-state index contributed by atoms with van der Waals surface area (Å²) in [5, 5.41) is 5.92. The zero-order valence-electron chi connectivity index (χ0n) is 12.8. The van der Waals surface area contributed by atoms with Crippen LogP contribution < -0.4 is 10.6 Å². The number of rotatable bonds is 6. The first-order valence-electron chi connectivity index (χ1n) is 7.24. The Bertz CT molecular complexity index is 754. The molecule has 0 aliphatic rings. The third kappa shape index (κ3) is 5.79. The number of halogens is 5. The number of anilines is 1. The lowest BCUT2D eigenvalue weighted by Crippen LogP contribution is -2.30. The minimum atomic E-state index is -4.49. The number of carbonyl (C=O) groups excluding carboxylic acids is 1. The van der Waals surface area contributed by atoms with Crippen LogP contribution in [0.2, 0.25) is 10.0 Å². The highest BCUT2D eigenvalue weighted by Crippen LogP contribution is 2.33. The zero-order chi connectivity index (χ0) is 18.4. The predicted molar refractivity (Wildman–Crippen MR) is 90.9 cm³/mol. The zero-order valence-corrected chi connectivity index (χ0v) is 14.3. The number of hydrogen-bond acceptors (Lipinski definition) is 3. The molecule has 0 radical (unpaired) electrons. The molecule has 0 aliphatic carbocycles. The summed E-state index contributed by atoms with van der Waals surface area (Å²) in [5.41, 5.74) is -0.166. The van der Waals surface area contributed by atoms with Gasteiger partial charge in [-0.15, -0.1) is 0 Å². The molecule has 0 spiro atoms. The van der Waals surface area contributed by atoms with Crippen molar-refractivity contribution in [1.82, 2.24) is 10.3 Å². The molecule has 0 aliphatic heterocycles. The monoisotopic (exact) mass is 391 g/mol. The first kappa shape index (κ1) is 19.3. The molecule has 9 heteroatoms. The van der Waals surface area contributed by atoms with E-state index in [4.69, 9.17) is 23.2 Å². The molecule has 4 nitrogen and oxygen atoms in total. The van der Waals surface area contributed by atoms with E-state index in [2.05, 4.69) is 15.6 Å². The SMILES string of the molecule is O=C(Cc1ccc(Cl)c(Cl)c1)NCCNc1ncccc1C(F)(F)F. The molecule has 134 valence electrons. The Balaban J connectivity index is 1.81. The van der Waals surface area contributed by atoms with Crippen molar-refractivity contribution < 1.29 is 18.0 Å². The van der Waals surface area contributed by atoms with Gasteiger partial charge in [-0.3, -0.25) is 4.79 Å². The summed E-state index contributed by atoms with van der Waals surface area (Å²) in [7, 11) is 0. The van der Waals surface area contributed by atoms with E-state index in [-0.39, 0.29) is 31.2 Å². The number of hydrogen-bond donors (Lipinski definition) is 2. The number of carbonyl (C=O) groups is 1. The summed E-state index contributed by atoms with van der Waals surface area (Å²) in [5.74, 6) is -0.550. The maximum absolute atomic E-state index is 12.8. The number of aromatic nitrogens is 1. The molecule has 1 heterocycles. The van der Waals surface area contributed by atoms with E-state index < -0.39 is 11.7 Å². The van der Waals surface area contributed by atoms with E-state index >= 15 is 0 Å². The Kier molecular flexibility index (Phi) is 6.50. The molecule has 2 aromatic rings. The van der Waals surface area contributed by atoms with Gasteiger partial charge >= 0.3 is 6.18 Å². The second-order valence-electron chi connectivity index (χ2n) is 5.10. The Hall–Kier alpha value is -1.99. The molecule has 1 aromatic heterocycles. The number of nitrogens with one attached hydrogen (secondary N) is 2. The summed E-state index contributed by atoms with van der Waals surface area (Å²) in [6.07, 6.45) is -3.14. The van der Waals surface area contributed by atoms with E-state index in [0.717, 1.165) is 6.07 Å². The van der Waals surface area contributed by atoms with Gasteiger partial charge in [0.05, 0.1) is 22.0 Å². The minimum absolute atomic E-state index is 0.0915. The highest BCUT2D eigenvalue weighted by Gasteiger charge is 2.33. The summed E-state index contributed by atoms with van der Waals surface area (Å²) >= 11 is 11.7. The Morgan fingerprint density at radius 3 is 2.56 bits per heavy atom. The standard InChI is InChI=1S/C16H14Cl2F3N3O/c17-12-4-3-10(8-13(12)18)9-14(25)22-6-7-24-15-11(16(19,20)21)2-1-5-23-15/h1-5,8H,6-7,9H2,(H,22,25)(H,23,24). The summed E-state index contributed by atoms with van der Waals surface area (Å²) < 4.78 is 38.5. The molecular weight excluding hydrogens is 378 g/mol. The third-order valence-electron chi connectivity index (χ3n) is 3.20. The van der Waals surface area contributed by atoms with E-state index in [1.54, 1.807) is 18.2 Å². The van der Waals surface area contributed by atoms with Crippen LogP contribution in [0.4, 0.5) is 19.0 Å². The molecule has 2 N–H and O–H groups in total. The van der Waals surface area contributed by atoms with Crippen molar-refractivity contribution >= 4 is 34.9 Å². The Morgan fingerprint density at radius 2 is 1.88 bits per heavy atom. The summed E-state index contributed by atoms with van der Waals surface area (Å²) in [6.45, 7) is 0.251. The lowest BCUT2D eigenvalue weighted by atomic mass is 10.1. The molecule has 25 heavy (non-hydrogen) atoms. The second kappa shape index (κ2) is 8.40. The second-order valence-corrected chi connectivity index (χ2v) is 5.91. The summed E-state index contributed by atoms with van der Waals surface area (Å²) in [6, 6.07) is 7.01. The molecule has 0 unspecified atom stereocenters. The lowest BCUT2D eigenvalue weighted by molar-refractivity contribution is -0.137. The van der Waals surface area contributed by atoms with Gasteiger partial charge in [0.2, 0.25) is 5.91 Å². The summed E-state index contributed by atoms with van der Waals surface area (Å²) in [4.78, 5) is 15.5. The minimum Gasteiger partial charge on any atom is -0.368 e. The van der Waals surface area contributed by atoms with Crippen molar-refractivity contribution in [2.75, 3.05) is 18.4 Å². The lowest BCUT2D eigenvalue weighted by Gasteiger charge is -2.13. The van der Waals surface area contributed by atoms with Crippen molar-refractivity contribution in [3.05, 3.63) is 57.7 Å². The number of benzene rings is 1. The maximum atomic E-state index is 12.8. The highest BCUT2D eigenvalue weighted by atomic mass is 35.5. The fourth-order valence-electron chi connectivity index (χ4n) is 2.06. The maximum Gasteiger partial charge on any atom is 0.419 e. The molecular formula is C16H14Cl2F3N3O. The van der Waals surface area contributed by atoms with E-state index in [0.29, 0.717) is 15.6 Å². The van der Waals surface area contributed by atoms with Gasteiger partial charge in [-0.25, -0.2) is 4.98 Å². The predicted octanol–water partition coefficient (Wildman–Crippen LogP) is 4.18. The van der Waals surface area contributed by atoms with E-state index in [1.807, 2.05) is 0 Å². The molecule has 1 aromatic carbocycles. The van der Waals surface area contributed by atoms with Crippen molar-refractivity contribution in [2.45, 2.75) is 12.6 Å². The van der Waals surface area contributed by atoms with Crippen LogP contribution in [0.3, 0.4) is 0 Å². The van der Waals surface area contributed by atoms with Crippen molar-refractivity contribution in [1.29, 1.82) is 0 Å². The highest BCUT2D eigenvalue weighted by molar-refractivity contribution is 6.42. The number of alkyl halides is 3. The topological polar surface area (TPSA) is 54.0 Å². The smallest absolute Gasteiger partial charge is 0.368 e. The van der Waals surface area contributed by atoms with Gasteiger partial charge in [-0.2, -0.15) is 13.2 Å². The van der Waals surface area contributed by atoms with Crippen molar-refractivity contribution in [2.24, 2.45) is 0 Å². The fourth-order valence-corrected chi connectivity index (χ4v) is 2.38. The average Bonchev–Trinajstić information content (AvgIpc) is 2.54. The van der Waals surface area contributed by atoms with Gasteiger partial charge in [0.15, 0.2) is 0 Å². The first-order valence-corrected chi connectivity index (χ1v) is 7.99. The third-order valence-corrected chi connectivity index (χ3v) is 3.94. The molecule has 0 saturated carbocycles. The van der Waals surface area contributed by atoms with Crippen LogP contribution in [0.25, 0.3) is 0 Å². The molecule has 0 atom stereocenters. The molecule has 2 rings (SSSR count). The van der Waals surface area contributed by atoms with Crippen LogP contribution in [0.5, 0.6) is 0 Å². The van der Waals surface area contributed by atoms with Gasteiger partial charge < -0.3 is 10.6 Å². The van der Waals surface area contributed by atoms with E-state index in [9.17, 15) is 18.0 Å². The molecule has 0 saturated heterocycles. The molecule has 0 fully saturated rings. The van der Waals surface area contributed by atoms with Gasteiger partial charge in [-0.1, -0.05) is 29.3 Å². The van der Waals surface area contributed by atoms with Crippen LogP contribution in [-0.2, 0) is 17.4 Å². The van der Waals surface area contributed by atoms with E-state index in [1.165, 1.54) is 12.3 Å². The molecule has 0 bridgehead atoms. The Morgan fingerprint density at radius 1 is 1.12 bits per heavy atom. The van der Waals surface area contributed by atoms with Crippen LogP contribution >= 0.6 is 23.2 Å². The van der Waals surface area contributed by atoms with Crippen LogP contribution in [0.15, 0.2) is 36.5 Å². The largest absolute Gasteiger partial charge is 0.419 e. The fraction of sp³-hybridized carbons (Fsp3) is 0.250. The first-order chi connectivity index (χ1) is 11.8. The number of nitrogens with zero attached hydrogens (tertiary/aromatic N) is 1. The Labute approximate surface area is 152 Å². The van der Waals surface area contributed by atoms with Crippen LogP contribution in [-0.4, -0.2) is 24.0 Å². The van der Waals surface area contributed by atoms with Gasteiger partial charge in [0, 0.05) is 19.3 Å². The van der Waals surface area contributed by atoms with Crippen molar-refractivity contribution in [3.63, 3.8) is 0 Å². The average molecular weight is 392 g/mol. The normalized spacial score (nSPS) is 11.2. The molecule has 1 amide bonds. The van der Waals surface area contributed by atoms with Crippen molar-refractivity contribution in [3.8, 4) is 0 Å². The van der Waals surface area contributed by atoms with Gasteiger partial charge in [0.1, 0.15) is 5.82 Å². The van der Waals surface area contributed by atoms with Gasteiger partial charge in [-0.05, 0) is 29.8 Å². The van der Waals surface area contributed by atoms with Crippen LogP contribution in [0.1, 0.15) is 11.1 Å². The number of pyridine rings is 1.